The minimum absolute atomic E-state index is 0.00660. The first kappa shape index (κ1) is 56.0. The van der Waals surface area contributed by atoms with Crippen molar-refractivity contribution in [2.24, 2.45) is 9.98 Å². The van der Waals surface area contributed by atoms with Gasteiger partial charge in [-0.2, -0.15) is 0 Å². The van der Waals surface area contributed by atoms with Crippen molar-refractivity contribution in [3.05, 3.63) is 123 Å². The van der Waals surface area contributed by atoms with Crippen LogP contribution in [-0.2, 0) is 25.4 Å². The Kier molecular flexibility index (Phi) is 19.7. The summed E-state index contributed by atoms with van der Waals surface area (Å²) in [6.07, 6.45) is 0.870. The Balaban J connectivity index is 1.13. The van der Waals surface area contributed by atoms with E-state index in [1.807, 2.05) is 45.0 Å². The van der Waals surface area contributed by atoms with Gasteiger partial charge in [-0.3, -0.25) is 4.90 Å². The third kappa shape index (κ3) is 13.8. The number of aromatic nitrogens is 2. The molecule has 3 aliphatic rings. The smallest absolute Gasteiger partial charge is 0.345 e. The first-order valence-electron chi connectivity index (χ1n) is 24.8. The van der Waals surface area contributed by atoms with Gasteiger partial charge in [0, 0.05) is 67.8 Å². The molecule has 5 heterocycles. The number of piperazine rings is 1. The number of aliphatic carboxylic acids is 1. The Morgan fingerprint density at radius 3 is 2.34 bits per heavy atom. The molecule has 1 saturated heterocycles. The van der Waals surface area contributed by atoms with Crippen molar-refractivity contribution in [1.29, 1.82) is 0 Å². The van der Waals surface area contributed by atoms with E-state index in [0.29, 0.717) is 135 Å². The number of nitrogens with zero attached hydrogens (tertiary/aromatic N) is 6. The number of carbonyl (C=O) groups is 1. The number of aliphatic imine (C=N–C) groups is 2. The van der Waals surface area contributed by atoms with E-state index >= 15 is 0 Å². The van der Waals surface area contributed by atoms with Gasteiger partial charge in [0.05, 0.1) is 54.2 Å². The standard InChI is InChI=1S/C56H61Cl2FN6O10S/c1-7-40(63-53(60-4)37-9-8-10-41(27-37)71-26-25-70-24-23-69-22-21-68-6)31-73-44-16-15-42-28-38(44)29-45(56(66)67)75-54-48-47(52(76-55(48)62-33-61-54)36-11-13-39(59)14-12-36)46-34(2)49(57)51(50(58)35(46)3)74-43(32-72-42)30-65-19-17-64(5)18-20-65/h7-16,27-28,33,43,45H,4,17-26,29-32H2,1-3,5-6H3,(H,66,67)/b40-7-,63-53?/t43-,45-/m1/s1. The Bertz CT molecular complexity index is 3030. The maximum atomic E-state index is 14.4. The number of halogens is 3. The number of benzene rings is 4. The second kappa shape index (κ2) is 26.7. The number of likely N-dealkylation sites (N-methyl/N-ethyl adjacent to an activating group) is 1. The highest BCUT2D eigenvalue weighted by molar-refractivity contribution is 7.22. The Labute approximate surface area is 455 Å². The van der Waals surface area contributed by atoms with Crippen LogP contribution < -0.4 is 23.7 Å². The van der Waals surface area contributed by atoms with E-state index < -0.39 is 24.0 Å². The average molecular weight is 1100 g/mol. The van der Waals surface area contributed by atoms with Crippen LogP contribution in [0.2, 0.25) is 10.0 Å². The molecule has 0 amide bonds. The molecule has 0 radical (unpaired) electrons. The van der Waals surface area contributed by atoms with Crippen molar-refractivity contribution in [1.82, 2.24) is 19.8 Å². The summed E-state index contributed by atoms with van der Waals surface area (Å²) in [5, 5.41) is 12.0. The topological polar surface area (TPSA) is 168 Å². The highest BCUT2D eigenvalue weighted by atomic mass is 35.5. The number of carboxylic acid groups (broad SMARTS) is 1. The van der Waals surface area contributed by atoms with Gasteiger partial charge in [-0.05, 0) is 99.3 Å². The van der Waals surface area contributed by atoms with E-state index in [4.69, 9.17) is 66.1 Å². The molecule has 2 atom stereocenters. The zero-order valence-electron chi connectivity index (χ0n) is 43.1. The summed E-state index contributed by atoms with van der Waals surface area (Å²) in [6.45, 7) is 15.9. The Hall–Kier alpha value is -6.22. The van der Waals surface area contributed by atoms with Crippen LogP contribution in [0.1, 0.15) is 29.2 Å². The second-order valence-corrected chi connectivity index (χ2v) is 19.8. The molecule has 3 aliphatic heterocycles. The summed E-state index contributed by atoms with van der Waals surface area (Å²) in [5.74, 6) is 0.362. The van der Waals surface area contributed by atoms with E-state index in [9.17, 15) is 14.3 Å². The number of hydrogen-bond donors (Lipinski definition) is 1. The molecule has 76 heavy (non-hydrogen) atoms. The first-order valence-corrected chi connectivity index (χ1v) is 26.4. The van der Waals surface area contributed by atoms with Crippen LogP contribution in [0.5, 0.6) is 28.9 Å². The predicted octanol–water partition coefficient (Wildman–Crippen LogP) is 10.0. The number of thiophene rings is 1. The van der Waals surface area contributed by atoms with E-state index in [-0.39, 0.29) is 35.6 Å². The highest BCUT2D eigenvalue weighted by Gasteiger charge is 2.32. The summed E-state index contributed by atoms with van der Waals surface area (Å²) in [7, 11) is 3.72. The number of fused-ring (bicyclic) bond motifs is 7. The van der Waals surface area contributed by atoms with Crippen LogP contribution in [0.25, 0.3) is 31.8 Å². The molecule has 20 heteroatoms. The summed E-state index contributed by atoms with van der Waals surface area (Å²) >= 11 is 16.0. The minimum atomic E-state index is -1.50. The van der Waals surface area contributed by atoms with Crippen molar-refractivity contribution >= 4 is 63.3 Å². The quantitative estimate of drug-likeness (QED) is 0.0462. The van der Waals surface area contributed by atoms with E-state index in [2.05, 4.69) is 38.5 Å². The fourth-order valence-electron chi connectivity index (χ4n) is 8.78. The largest absolute Gasteiger partial charge is 0.491 e. The lowest BCUT2D eigenvalue weighted by molar-refractivity contribution is -0.145. The number of ether oxygens (including phenoxy) is 8. The average Bonchev–Trinajstić information content (AvgIpc) is 3.85. The molecule has 6 aromatic rings. The maximum absolute atomic E-state index is 14.4. The van der Waals surface area contributed by atoms with E-state index in [1.54, 1.807) is 43.5 Å². The lowest BCUT2D eigenvalue weighted by Crippen LogP contribution is -2.49. The van der Waals surface area contributed by atoms with Gasteiger partial charge in [0.2, 0.25) is 12.0 Å². The lowest BCUT2D eigenvalue weighted by Gasteiger charge is -2.35. The second-order valence-electron chi connectivity index (χ2n) is 18.1. The van der Waals surface area contributed by atoms with Gasteiger partial charge < -0.3 is 47.9 Å². The van der Waals surface area contributed by atoms with Gasteiger partial charge in [0.1, 0.15) is 60.1 Å². The number of amidine groups is 1. The molecule has 1 fully saturated rings. The van der Waals surface area contributed by atoms with Gasteiger partial charge in [-0.1, -0.05) is 53.5 Å². The van der Waals surface area contributed by atoms with Crippen molar-refractivity contribution in [3.63, 3.8) is 0 Å². The van der Waals surface area contributed by atoms with Gasteiger partial charge in [0.25, 0.3) is 0 Å². The number of methoxy groups -OCH3 is 1. The van der Waals surface area contributed by atoms with E-state index in [1.165, 1.54) is 29.8 Å². The molecular weight excluding hydrogens is 1040 g/mol. The summed E-state index contributed by atoms with van der Waals surface area (Å²) in [5.41, 5.74) is 4.84. The number of hydrogen-bond acceptors (Lipinski definition) is 15. The molecule has 4 aromatic carbocycles. The third-order valence-corrected chi connectivity index (χ3v) is 14.9. The molecule has 402 valence electrons. The van der Waals surface area contributed by atoms with Crippen LogP contribution in [0.4, 0.5) is 4.39 Å². The molecule has 1 N–H and O–H groups in total. The van der Waals surface area contributed by atoms with E-state index in [0.717, 1.165) is 26.2 Å². The fourth-order valence-corrected chi connectivity index (χ4v) is 10.4. The summed E-state index contributed by atoms with van der Waals surface area (Å²) in [4.78, 5) is 37.5. The van der Waals surface area contributed by atoms with Crippen molar-refractivity contribution in [2.45, 2.75) is 39.4 Å². The van der Waals surface area contributed by atoms with Crippen LogP contribution in [-0.4, -0.2) is 155 Å². The third-order valence-electron chi connectivity index (χ3n) is 12.9. The normalized spacial score (nSPS) is 16.7. The molecular formula is C56H61Cl2FN6O10S. The Morgan fingerprint density at radius 2 is 1.64 bits per heavy atom. The SMILES string of the molecule is C=NC(=N/C(=C\C)COc1ccc2cc1C[C@H](C(=O)O)Oc1ncnc3sc(-c4ccc(F)cc4)c(c13)-c1c(C)c(Cl)c(c(Cl)c1C)O[C@H](CN1CCN(C)CC1)CO2)c1cccc(OCCOCCOCCOC)c1. The van der Waals surface area contributed by atoms with Crippen LogP contribution in [0.3, 0.4) is 0 Å². The number of rotatable bonds is 19. The first-order chi connectivity index (χ1) is 36.8. The summed E-state index contributed by atoms with van der Waals surface area (Å²) in [6, 6.07) is 18.7. The zero-order valence-corrected chi connectivity index (χ0v) is 45.4. The minimum Gasteiger partial charge on any atom is -0.491 e. The van der Waals surface area contributed by atoms with Crippen LogP contribution in [0, 0.1) is 19.7 Å². The zero-order chi connectivity index (χ0) is 53.7. The predicted molar refractivity (Wildman–Crippen MR) is 295 cm³/mol. The van der Waals surface area contributed by atoms with Crippen LogP contribution in [0.15, 0.2) is 94.8 Å². The maximum Gasteiger partial charge on any atom is 0.345 e. The molecule has 16 nitrogen and oxygen atoms in total. The van der Waals surface area contributed by atoms with Crippen molar-refractivity contribution in [2.75, 3.05) is 99.7 Å². The van der Waals surface area contributed by atoms with Gasteiger partial charge in [-0.25, -0.2) is 29.1 Å². The number of allylic oxidation sites excluding steroid dienone is 1. The lowest BCUT2D eigenvalue weighted by atomic mass is 9.92. The monoisotopic (exact) mass is 1100 g/mol. The fraction of sp³-hybridized carbons (Fsp3) is 0.375. The molecule has 4 bridgehead atoms. The highest BCUT2D eigenvalue weighted by Crippen LogP contribution is 2.53. The van der Waals surface area contributed by atoms with Gasteiger partial charge in [0.15, 0.2) is 11.6 Å². The molecule has 0 spiro atoms. The van der Waals surface area contributed by atoms with Crippen molar-refractivity contribution < 1.29 is 52.2 Å². The summed E-state index contributed by atoms with van der Waals surface area (Å²) < 4.78 is 62.9. The van der Waals surface area contributed by atoms with Gasteiger partial charge >= 0.3 is 5.97 Å². The molecule has 0 unspecified atom stereocenters. The number of carboxylic acids is 1. The van der Waals surface area contributed by atoms with Crippen LogP contribution >= 0.6 is 34.5 Å². The molecule has 0 aliphatic carbocycles. The van der Waals surface area contributed by atoms with Gasteiger partial charge in [-0.15, -0.1) is 11.3 Å². The molecule has 2 aromatic heterocycles. The molecule has 0 saturated carbocycles. The van der Waals surface area contributed by atoms with Crippen molar-refractivity contribution in [3.8, 4) is 50.4 Å². The molecule has 9 rings (SSSR count). The Morgan fingerprint density at radius 1 is 0.921 bits per heavy atom.